The van der Waals surface area contributed by atoms with Crippen LogP contribution >= 0.6 is 23.2 Å². The molecule has 0 aliphatic rings. The Morgan fingerprint density at radius 3 is 2.57 bits per heavy atom. The topological polar surface area (TPSA) is 61.2 Å². The van der Waals surface area contributed by atoms with Crippen LogP contribution in [0.25, 0.3) is 0 Å². The van der Waals surface area contributed by atoms with E-state index in [-0.39, 0.29) is 16.9 Å². The van der Waals surface area contributed by atoms with Crippen LogP contribution in [0.1, 0.15) is 17.5 Å². The summed E-state index contributed by atoms with van der Waals surface area (Å²) in [5.74, 6) is 0. The normalized spacial score (nSPS) is 12.1. The molecule has 5 nitrogen and oxygen atoms in total. The van der Waals surface area contributed by atoms with E-state index in [2.05, 4.69) is 4.98 Å². The Morgan fingerprint density at radius 2 is 1.95 bits per heavy atom. The van der Waals surface area contributed by atoms with Crippen LogP contribution in [0.5, 0.6) is 0 Å². The first-order valence-electron chi connectivity index (χ1n) is 6.09. The molecule has 1 atom stereocenters. The monoisotopic (exact) mass is 326 g/mol. The molecule has 110 valence electrons. The highest BCUT2D eigenvalue weighted by molar-refractivity contribution is 6.32. The van der Waals surface area contributed by atoms with Crippen molar-refractivity contribution >= 4 is 29.5 Å². The first kappa shape index (κ1) is 15.7. The minimum atomic E-state index is -1.12. The number of aldehydes is 1. The summed E-state index contributed by atoms with van der Waals surface area (Å²) in [5, 5.41) is -0.254. The van der Waals surface area contributed by atoms with Gasteiger partial charge in [-0.2, -0.15) is 0 Å². The number of carbonyl (C=O) groups is 1. The number of ether oxygens (including phenoxy) is 1. The second kappa shape index (κ2) is 6.85. The summed E-state index contributed by atoms with van der Waals surface area (Å²) in [6.07, 6.45) is -0.597. The molecule has 2 aromatic rings. The molecule has 0 N–H and O–H groups in total. The van der Waals surface area contributed by atoms with Crippen molar-refractivity contribution < 1.29 is 9.53 Å². The van der Waals surface area contributed by atoms with Gasteiger partial charge in [-0.3, -0.25) is 14.2 Å². The van der Waals surface area contributed by atoms with Gasteiger partial charge in [-0.25, -0.2) is 4.98 Å². The lowest BCUT2D eigenvalue weighted by Crippen LogP contribution is -2.30. The van der Waals surface area contributed by atoms with Crippen LogP contribution in [0.2, 0.25) is 10.3 Å². The lowest BCUT2D eigenvalue weighted by atomic mass is 10.2. The molecule has 1 aromatic heterocycles. The molecule has 1 unspecified atom stereocenters. The molecule has 0 spiro atoms. The number of hydrogen-bond donors (Lipinski definition) is 0. The first-order chi connectivity index (χ1) is 10.0. The van der Waals surface area contributed by atoms with Crippen LogP contribution in [-0.4, -0.2) is 15.8 Å². The van der Waals surface area contributed by atoms with Gasteiger partial charge in [-0.1, -0.05) is 53.5 Å². The number of carbonyl (C=O) groups excluding carboxylic acids is 1. The Hall–Kier alpha value is -1.69. The van der Waals surface area contributed by atoms with E-state index < -0.39 is 11.8 Å². The summed E-state index contributed by atoms with van der Waals surface area (Å²) < 4.78 is 6.58. The maximum absolute atomic E-state index is 12.0. The zero-order valence-corrected chi connectivity index (χ0v) is 12.6. The number of nitrogens with zero attached hydrogens (tertiary/aromatic N) is 2. The lowest BCUT2D eigenvalue weighted by molar-refractivity contribution is -0.125. The van der Waals surface area contributed by atoms with Crippen LogP contribution < -0.4 is 5.56 Å². The highest BCUT2D eigenvalue weighted by Crippen LogP contribution is 2.17. The maximum Gasteiger partial charge on any atom is 0.291 e. The zero-order valence-electron chi connectivity index (χ0n) is 11.1. The fraction of sp³-hybridized carbons (Fsp3) is 0.214. The van der Waals surface area contributed by atoms with E-state index >= 15 is 0 Å². The molecule has 0 saturated carbocycles. The third-order valence-corrected chi connectivity index (χ3v) is 3.49. The second-order valence-electron chi connectivity index (χ2n) is 4.28. The van der Waals surface area contributed by atoms with E-state index in [4.69, 9.17) is 27.9 Å². The Balaban J connectivity index is 2.30. The van der Waals surface area contributed by atoms with Gasteiger partial charge in [-0.05, 0) is 12.5 Å². The van der Waals surface area contributed by atoms with Crippen molar-refractivity contribution in [1.82, 2.24) is 9.55 Å². The summed E-state index contributed by atoms with van der Waals surface area (Å²) in [5.41, 5.74) is 0.571. The fourth-order valence-corrected chi connectivity index (χ4v) is 2.20. The summed E-state index contributed by atoms with van der Waals surface area (Å²) >= 11 is 11.6. The predicted octanol–water partition coefficient (Wildman–Crippen LogP) is 2.77. The molecule has 0 aliphatic heterocycles. The lowest BCUT2D eigenvalue weighted by Gasteiger charge is -2.18. The molecule has 2 rings (SSSR count). The smallest absolute Gasteiger partial charge is 0.291 e. The molecular weight excluding hydrogens is 315 g/mol. The molecule has 0 radical (unpaired) electrons. The van der Waals surface area contributed by atoms with Gasteiger partial charge in [0.2, 0.25) is 0 Å². The summed E-state index contributed by atoms with van der Waals surface area (Å²) in [6, 6.07) is 9.28. The largest absolute Gasteiger partial charge is 0.346 e. The van der Waals surface area contributed by atoms with Crippen molar-refractivity contribution in [3.63, 3.8) is 0 Å². The highest BCUT2D eigenvalue weighted by Gasteiger charge is 2.19. The van der Waals surface area contributed by atoms with Crippen LogP contribution in [0.15, 0.2) is 35.1 Å². The van der Waals surface area contributed by atoms with E-state index in [1.165, 1.54) is 0 Å². The van der Waals surface area contributed by atoms with Gasteiger partial charge in [0, 0.05) is 0 Å². The highest BCUT2D eigenvalue weighted by atomic mass is 35.5. The van der Waals surface area contributed by atoms with Crippen molar-refractivity contribution in [2.24, 2.45) is 0 Å². The predicted molar refractivity (Wildman–Crippen MR) is 79.6 cm³/mol. The van der Waals surface area contributed by atoms with E-state index in [0.29, 0.717) is 12.0 Å². The quantitative estimate of drug-likeness (QED) is 0.792. The summed E-state index contributed by atoms with van der Waals surface area (Å²) in [6.45, 7) is 1.74. The number of aromatic nitrogens is 2. The first-order valence-corrected chi connectivity index (χ1v) is 6.85. The van der Waals surface area contributed by atoms with E-state index in [1.807, 2.05) is 30.3 Å². The van der Waals surface area contributed by atoms with E-state index in [0.717, 1.165) is 10.1 Å². The number of benzene rings is 1. The molecule has 0 fully saturated rings. The van der Waals surface area contributed by atoms with Crippen molar-refractivity contribution in [3.05, 3.63) is 62.2 Å². The summed E-state index contributed by atoms with van der Waals surface area (Å²) in [7, 11) is 0. The standard InChI is InChI=1S/C14H12Cl2N2O3/c1-9-12(15)17-13(16)14(20)18(9)11(7-19)21-8-10-5-3-2-4-6-10/h2-7,11H,8H2,1H3. The molecule has 7 heteroatoms. The Bertz CT molecular complexity index is 701. The molecule has 1 aromatic carbocycles. The van der Waals surface area contributed by atoms with Crippen molar-refractivity contribution in [2.75, 3.05) is 0 Å². The molecule has 0 saturated heterocycles. The van der Waals surface area contributed by atoms with Crippen molar-refractivity contribution in [3.8, 4) is 0 Å². The van der Waals surface area contributed by atoms with Gasteiger partial charge >= 0.3 is 0 Å². The van der Waals surface area contributed by atoms with Gasteiger partial charge in [0.05, 0.1) is 12.3 Å². The van der Waals surface area contributed by atoms with Crippen LogP contribution in [-0.2, 0) is 16.1 Å². The molecule has 0 aliphatic carbocycles. The number of rotatable bonds is 5. The van der Waals surface area contributed by atoms with Crippen LogP contribution in [0.4, 0.5) is 0 Å². The zero-order chi connectivity index (χ0) is 15.4. The third kappa shape index (κ3) is 3.50. The molecule has 1 heterocycles. The average molecular weight is 327 g/mol. The maximum atomic E-state index is 12.0. The van der Waals surface area contributed by atoms with E-state index in [1.54, 1.807) is 6.92 Å². The number of hydrogen-bond acceptors (Lipinski definition) is 4. The van der Waals surface area contributed by atoms with Crippen molar-refractivity contribution in [1.29, 1.82) is 0 Å². The Kier molecular flexibility index (Phi) is 5.12. The molecule has 21 heavy (non-hydrogen) atoms. The van der Waals surface area contributed by atoms with Gasteiger partial charge in [-0.15, -0.1) is 0 Å². The van der Waals surface area contributed by atoms with Gasteiger partial charge in [0.25, 0.3) is 5.56 Å². The Labute approximate surface area is 131 Å². The van der Waals surface area contributed by atoms with E-state index in [9.17, 15) is 9.59 Å². The van der Waals surface area contributed by atoms with Gasteiger partial charge in [0.15, 0.2) is 17.7 Å². The minimum Gasteiger partial charge on any atom is -0.346 e. The number of halogens is 2. The van der Waals surface area contributed by atoms with Crippen molar-refractivity contribution in [2.45, 2.75) is 19.8 Å². The van der Waals surface area contributed by atoms with Crippen LogP contribution in [0.3, 0.4) is 0 Å². The fourth-order valence-electron chi connectivity index (χ4n) is 1.80. The third-order valence-electron chi connectivity index (χ3n) is 2.89. The second-order valence-corrected chi connectivity index (χ2v) is 4.99. The molecule has 0 bridgehead atoms. The van der Waals surface area contributed by atoms with Crippen LogP contribution in [0, 0.1) is 6.92 Å². The SMILES string of the molecule is Cc1c(Cl)nc(Cl)c(=O)n1C(C=O)OCc1ccccc1. The average Bonchev–Trinajstić information content (AvgIpc) is 2.49. The Morgan fingerprint density at radius 1 is 1.29 bits per heavy atom. The van der Waals surface area contributed by atoms with Gasteiger partial charge in [0.1, 0.15) is 5.15 Å². The molecule has 0 amide bonds. The minimum absolute atomic E-state index is 0.0507. The molecular formula is C14H12Cl2N2O3. The van der Waals surface area contributed by atoms with Gasteiger partial charge < -0.3 is 4.74 Å². The summed E-state index contributed by atoms with van der Waals surface area (Å²) in [4.78, 5) is 27.0.